The van der Waals surface area contributed by atoms with Crippen molar-refractivity contribution in [1.29, 1.82) is 10.5 Å². The molecule has 2 fully saturated rings. The van der Waals surface area contributed by atoms with E-state index in [1.54, 1.807) is 0 Å². The number of imidazole rings is 2. The lowest BCUT2D eigenvalue weighted by Crippen LogP contribution is -2.15. The van der Waals surface area contributed by atoms with Gasteiger partial charge < -0.3 is 14.4 Å². The van der Waals surface area contributed by atoms with Gasteiger partial charge in [0.15, 0.2) is 11.4 Å². The molecule has 0 atom stereocenters. The van der Waals surface area contributed by atoms with E-state index in [0.29, 0.717) is 23.4 Å². The van der Waals surface area contributed by atoms with Crippen molar-refractivity contribution >= 4 is 11.6 Å². The van der Waals surface area contributed by atoms with Crippen LogP contribution in [0.2, 0.25) is 0 Å². The fraction of sp³-hybridized carbons (Fsp3) is 0.412. The monoisotopic (exact) mass is 596 g/mol. The highest BCUT2D eigenvalue weighted by Crippen LogP contribution is 2.42. The second-order valence-electron chi connectivity index (χ2n) is 12.9. The second-order valence-corrected chi connectivity index (χ2v) is 12.9. The fourth-order valence-electron chi connectivity index (χ4n) is 6.94. The van der Waals surface area contributed by atoms with Crippen LogP contribution in [-0.2, 0) is 12.8 Å². The molecule has 0 aliphatic heterocycles. The normalized spacial score (nSPS) is 16.4. The van der Waals surface area contributed by atoms with Gasteiger partial charge in [-0.05, 0) is 66.5 Å². The fourth-order valence-corrected chi connectivity index (χ4v) is 6.94. The SMILES string of the molecule is [C-]#[N+]c1ncn(-c2cc(CC3(C)CCCC3)cc(Oc3cc(CC4(C)CCCC4)cc(-n4cnc(C#N)c4C#N)n3)n2)c1[N+]#[C-]. The molecule has 224 valence electrons. The molecule has 0 amide bonds. The summed E-state index contributed by atoms with van der Waals surface area (Å²) in [5.41, 5.74) is 2.42. The molecule has 11 nitrogen and oxygen atoms in total. The van der Waals surface area contributed by atoms with Crippen molar-refractivity contribution < 1.29 is 4.74 Å². The number of pyridine rings is 2. The molecule has 6 rings (SSSR count). The molecule has 4 aromatic rings. The summed E-state index contributed by atoms with van der Waals surface area (Å²) in [6.07, 6.45) is 13.8. The van der Waals surface area contributed by atoms with Gasteiger partial charge in [0.05, 0.1) is 0 Å². The molecule has 0 radical (unpaired) electrons. The smallest absolute Gasteiger partial charge is 0.293 e. The third kappa shape index (κ3) is 5.99. The van der Waals surface area contributed by atoms with E-state index in [9.17, 15) is 10.5 Å². The molecule has 4 aromatic heterocycles. The lowest BCUT2D eigenvalue weighted by Gasteiger charge is -2.24. The minimum Gasteiger partial charge on any atom is -0.420 e. The van der Waals surface area contributed by atoms with E-state index < -0.39 is 0 Å². The first-order valence-corrected chi connectivity index (χ1v) is 15.2. The molecular weight excluding hydrogens is 564 g/mol. The quantitative estimate of drug-likeness (QED) is 0.190. The van der Waals surface area contributed by atoms with E-state index in [-0.39, 0.29) is 33.9 Å². The van der Waals surface area contributed by atoms with E-state index in [2.05, 4.69) is 39.6 Å². The summed E-state index contributed by atoms with van der Waals surface area (Å²) in [4.78, 5) is 24.7. The molecule has 2 saturated carbocycles. The highest BCUT2D eigenvalue weighted by atomic mass is 16.5. The largest absolute Gasteiger partial charge is 0.420 e. The second kappa shape index (κ2) is 11.9. The van der Waals surface area contributed by atoms with E-state index in [0.717, 1.165) is 49.7 Å². The Morgan fingerprint density at radius 3 is 1.80 bits per heavy atom. The molecule has 0 bridgehead atoms. The summed E-state index contributed by atoms with van der Waals surface area (Å²) < 4.78 is 9.46. The average molecular weight is 597 g/mol. The van der Waals surface area contributed by atoms with Gasteiger partial charge >= 0.3 is 0 Å². The maximum absolute atomic E-state index is 9.82. The molecule has 0 spiro atoms. The van der Waals surface area contributed by atoms with Crippen LogP contribution in [-0.4, -0.2) is 29.1 Å². The molecule has 0 saturated heterocycles. The predicted molar refractivity (Wildman–Crippen MR) is 165 cm³/mol. The van der Waals surface area contributed by atoms with Crippen LogP contribution >= 0.6 is 0 Å². The van der Waals surface area contributed by atoms with Crippen LogP contribution in [0.1, 0.15) is 87.7 Å². The zero-order valence-electron chi connectivity index (χ0n) is 25.4. The van der Waals surface area contributed by atoms with E-state index >= 15 is 0 Å². The minimum atomic E-state index is 0.0206. The van der Waals surface area contributed by atoms with Gasteiger partial charge in [0, 0.05) is 18.2 Å². The Kier molecular flexibility index (Phi) is 7.79. The number of hydrogen-bond donors (Lipinski definition) is 0. The summed E-state index contributed by atoms with van der Waals surface area (Å²) >= 11 is 0. The first-order chi connectivity index (χ1) is 21.7. The van der Waals surface area contributed by atoms with E-state index in [4.69, 9.17) is 27.8 Å². The standard InChI is InChI=1S/C34H32N10O/c1-33(9-5-6-10-33)17-23-13-27(43-21-39-25(19-35)26(43)20-36)41-29(15-23)45-30-16-24(18-34(2)11-7-8-12-34)14-28(42-30)44-22-40-31(37-3)32(44)38-4/h13-16,21-22H,5-12,17-18H2,1-2H3. The lowest BCUT2D eigenvalue weighted by molar-refractivity contribution is 0.333. The van der Waals surface area contributed by atoms with Gasteiger partial charge in [-0.15, -0.1) is 0 Å². The molecule has 0 unspecified atom stereocenters. The van der Waals surface area contributed by atoms with E-state index in [1.807, 2.05) is 30.3 Å². The highest BCUT2D eigenvalue weighted by Gasteiger charge is 2.31. The number of nitriles is 2. The van der Waals surface area contributed by atoms with Crippen LogP contribution in [0.5, 0.6) is 11.8 Å². The molecule has 2 aliphatic rings. The minimum absolute atomic E-state index is 0.0206. The van der Waals surface area contributed by atoms with Gasteiger partial charge in [-0.25, -0.2) is 9.55 Å². The number of rotatable bonds is 8. The Balaban J connectivity index is 1.45. The van der Waals surface area contributed by atoms with Gasteiger partial charge in [-0.1, -0.05) is 57.7 Å². The summed E-state index contributed by atoms with van der Waals surface area (Å²) in [5.74, 6) is 1.57. The van der Waals surface area contributed by atoms with Crippen LogP contribution in [0.25, 0.3) is 21.3 Å². The molecule has 0 aromatic carbocycles. The van der Waals surface area contributed by atoms with Crippen molar-refractivity contribution in [3.05, 3.63) is 82.3 Å². The van der Waals surface area contributed by atoms with Gasteiger partial charge in [0.1, 0.15) is 24.3 Å². The Hall–Kier alpha value is -5.52. The topological polar surface area (TPSA) is 127 Å². The number of hydrogen-bond acceptors (Lipinski definition) is 7. The number of aromatic nitrogens is 6. The van der Waals surface area contributed by atoms with Crippen molar-refractivity contribution in [2.24, 2.45) is 10.8 Å². The van der Waals surface area contributed by atoms with Crippen LogP contribution in [0.3, 0.4) is 0 Å². The van der Waals surface area contributed by atoms with Crippen molar-refractivity contribution in [3.63, 3.8) is 0 Å². The molecular formula is C34H32N10O. The van der Waals surface area contributed by atoms with Crippen molar-refractivity contribution in [2.75, 3.05) is 0 Å². The first kappa shape index (κ1) is 29.5. The van der Waals surface area contributed by atoms with Crippen LogP contribution in [0.4, 0.5) is 11.6 Å². The Bertz CT molecular complexity index is 1790. The number of nitrogens with zero attached hydrogens (tertiary/aromatic N) is 10. The average Bonchev–Trinajstić information content (AvgIpc) is 3.82. The summed E-state index contributed by atoms with van der Waals surface area (Å²) in [5, 5.41) is 19.3. The summed E-state index contributed by atoms with van der Waals surface area (Å²) in [6, 6.07) is 11.7. The Morgan fingerprint density at radius 1 is 0.778 bits per heavy atom. The Labute approximate surface area is 262 Å². The third-order valence-electron chi connectivity index (χ3n) is 9.20. The van der Waals surface area contributed by atoms with Gasteiger partial charge in [-0.3, -0.25) is 4.57 Å². The maximum atomic E-state index is 9.82. The maximum Gasteiger partial charge on any atom is 0.293 e. The van der Waals surface area contributed by atoms with Gasteiger partial charge in [0.25, 0.3) is 18.0 Å². The summed E-state index contributed by atoms with van der Waals surface area (Å²) in [7, 11) is 0. The van der Waals surface area contributed by atoms with Crippen molar-refractivity contribution in [3.8, 4) is 35.5 Å². The molecule has 11 heteroatoms. The van der Waals surface area contributed by atoms with E-state index in [1.165, 1.54) is 47.5 Å². The molecule has 2 aliphatic carbocycles. The van der Waals surface area contributed by atoms with Gasteiger partial charge in [-0.2, -0.15) is 20.5 Å². The Morgan fingerprint density at radius 2 is 1.31 bits per heavy atom. The van der Waals surface area contributed by atoms with Gasteiger partial charge in [0.2, 0.25) is 17.6 Å². The zero-order chi connectivity index (χ0) is 31.6. The zero-order valence-corrected chi connectivity index (χ0v) is 25.4. The molecule has 0 N–H and O–H groups in total. The lowest BCUT2D eigenvalue weighted by atomic mass is 9.82. The third-order valence-corrected chi connectivity index (χ3v) is 9.20. The van der Waals surface area contributed by atoms with Crippen LogP contribution in [0.15, 0.2) is 36.9 Å². The molecule has 45 heavy (non-hydrogen) atoms. The first-order valence-electron chi connectivity index (χ1n) is 15.2. The van der Waals surface area contributed by atoms with Crippen LogP contribution < -0.4 is 4.74 Å². The summed E-state index contributed by atoms with van der Waals surface area (Å²) in [6.45, 7) is 19.7. The highest BCUT2D eigenvalue weighted by molar-refractivity contribution is 5.65. The predicted octanol–water partition coefficient (Wildman–Crippen LogP) is 7.73. The molecule has 4 heterocycles. The van der Waals surface area contributed by atoms with Crippen molar-refractivity contribution in [1.82, 2.24) is 29.1 Å². The van der Waals surface area contributed by atoms with Crippen molar-refractivity contribution in [2.45, 2.75) is 78.1 Å². The number of ether oxygens (including phenoxy) is 1. The van der Waals surface area contributed by atoms with Crippen LogP contribution in [0, 0.1) is 46.6 Å².